The van der Waals surface area contributed by atoms with Crippen molar-refractivity contribution in [1.29, 1.82) is 0 Å². The van der Waals surface area contributed by atoms with Crippen molar-refractivity contribution >= 4 is 56.1 Å². The van der Waals surface area contributed by atoms with E-state index in [0.717, 1.165) is 36.8 Å². The van der Waals surface area contributed by atoms with Gasteiger partial charge in [-0.2, -0.15) is 20.1 Å². The Labute approximate surface area is 237 Å². The van der Waals surface area contributed by atoms with Crippen LogP contribution in [0.2, 0.25) is 0 Å². The number of benzene rings is 2. The monoisotopic (exact) mass is 576 g/mol. The van der Waals surface area contributed by atoms with Crippen LogP contribution >= 0.6 is 0 Å². The van der Waals surface area contributed by atoms with E-state index >= 15 is 0 Å². The molecule has 0 atom stereocenters. The second kappa shape index (κ2) is 11.2. The lowest BCUT2D eigenvalue weighted by atomic mass is 9.96. The van der Waals surface area contributed by atoms with Gasteiger partial charge in [0.15, 0.2) is 0 Å². The number of anilines is 5. The van der Waals surface area contributed by atoms with E-state index in [1.807, 2.05) is 0 Å². The van der Waals surface area contributed by atoms with Crippen LogP contribution in [0.25, 0.3) is 10.9 Å². The molecule has 2 aliphatic rings. The summed E-state index contributed by atoms with van der Waals surface area (Å²) in [6, 6.07) is 11.6. The summed E-state index contributed by atoms with van der Waals surface area (Å²) in [6.07, 6.45) is 6.32. The zero-order valence-corrected chi connectivity index (χ0v) is 23.3. The first-order valence-corrected chi connectivity index (χ1v) is 15.2. The summed E-state index contributed by atoms with van der Waals surface area (Å²) in [4.78, 5) is 30.1. The maximum absolute atomic E-state index is 13.0. The summed E-state index contributed by atoms with van der Waals surface area (Å²) in [5, 5.41) is 10.9. The Morgan fingerprint density at radius 3 is 2.22 bits per heavy atom. The van der Waals surface area contributed by atoms with E-state index in [1.54, 1.807) is 36.5 Å². The van der Waals surface area contributed by atoms with Crippen LogP contribution < -0.4 is 25.6 Å². The molecule has 5 N–H and O–H groups in total. The van der Waals surface area contributed by atoms with Crippen molar-refractivity contribution in [3.8, 4) is 0 Å². The Hall–Kier alpha value is -4.46. The van der Waals surface area contributed by atoms with Crippen LogP contribution in [0, 0.1) is 5.92 Å². The predicted octanol–water partition coefficient (Wildman–Crippen LogP) is 2.98. The number of rotatable bonds is 8. The molecule has 214 valence electrons. The molecule has 0 unspecified atom stereocenters. The number of carbonyl (C=O) groups is 1. The van der Waals surface area contributed by atoms with E-state index in [-0.39, 0.29) is 16.7 Å². The molecule has 2 aliphatic heterocycles. The van der Waals surface area contributed by atoms with Crippen LogP contribution in [-0.2, 0) is 14.8 Å². The smallest absolute Gasteiger partial charge is 0.261 e. The van der Waals surface area contributed by atoms with Crippen LogP contribution in [0.15, 0.2) is 53.6 Å². The highest BCUT2D eigenvalue weighted by atomic mass is 32.2. The number of nitrogens with two attached hydrogens (primary N) is 1. The van der Waals surface area contributed by atoms with Gasteiger partial charge in [-0.05, 0) is 74.6 Å². The third kappa shape index (κ3) is 6.01. The molecule has 2 aromatic carbocycles. The summed E-state index contributed by atoms with van der Waals surface area (Å²) in [5.41, 5.74) is 7.33. The fourth-order valence-electron chi connectivity index (χ4n) is 5.21. The number of nitrogens with zero attached hydrogens (tertiary/aromatic N) is 6. The third-order valence-corrected chi connectivity index (χ3v) is 8.94. The molecule has 13 nitrogen and oxygen atoms in total. The van der Waals surface area contributed by atoms with E-state index in [0.29, 0.717) is 55.2 Å². The van der Waals surface area contributed by atoms with Gasteiger partial charge < -0.3 is 20.9 Å². The number of fused-ring (bicyclic) bond motifs is 1. The third-order valence-electron chi connectivity index (χ3n) is 7.55. The number of aromatic nitrogens is 5. The van der Waals surface area contributed by atoms with E-state index < -0.39 is 10.0 Å². The number of primary amides is 1. The van der Waals surface area contributed by atoms with Gasteiger partial charge in [-0.25, -0.2) is 8.42 Å². The van der Waals surface area contributed by atoms with Gasteiger partial charge in [-0.15, -0.1) is 0 Å². The number of carbonyl (C=O) groups excluding carboxylic acids is 1. The number of hydrogen-bond donors (Lipinski definition) is 4. The quantitative estimate of drug-likeness (QED) is 0.244. The largest absolute Gasteiger partial charge is 0.369 e. The summed E-state index contributed by atoms with van der Waals surface area (Å²) in [5.74, 6) is 1.12. The zero-order valence-electron chi connectivity index (χ0n) is 22.5. The van der Waals surface area contributed by atoms with Crippen molar-refractivity contribution in [2.24, 2.45) is 11.7 Å². The molecule has 2 fully saturated rings. The molecule has 0 saturated carbocycles. The molecule has 2 aromatic heterocycles. The molecule has 1 amide bonds. The normalized spacial score (nSPS) is 16.6. The van der Waals surface area contributed by atoms with Crippen molar-refractivity contribution in [1.82, 2.24) is 25.1 Å². The number of nitrogens with one attached hydrogen (secondary N) is 3. The molecule has 4 aromatic rings. The molecule has 14 heteroatoms. The SMILES string of the molecule is NC(=O)C1CCN(c2nc(Nc3ccc(S(=O)(=O)Nc4ccc5cn[nH]c5c4)cc3)nc(N3CCCCC3)n2)CC1. The predicted molar refractivity (Wildman–Crippen MR) is 157 cm³/mol. The maximum atomic E-state index is 13.0. The average Bonchev–Trinajstić information content (AvgIpc) is 3.46. The Kier molecular flexibility index (Phi) is 7.30. The number of H-pyrrole nitrogens is 1. The first kappa shape index (κ1) is 26.7. The van der Waals surface area contributed by atoms with Crippen LogP contribution in [0.5, 0.6) is 0 Å². The summed E-state index contributed by atoms with van der Waals surface area (Å²) >= 11 is 0. The fourth-order valence-corrected chi connectivity index (χ4v) is 6.26. The maximum Gasteiger partial charge on any atom is 0.261 e. The Bertz CT molecular complexity index is 1640. The van der Waals surface area contributed by atoms with E-state index in [1.165, 1.54) is 18.6 Å². The average molecular weight is 577 g/mol. The molecule has 6 rings (SSSR count). The summed E-state index contributed by atoms with van der Waals surface area (Å²) in [6.45, 7) is 3.01. The molecular weight excluding hydrogens is 544 g/mol. The van der Waals surface area contributed by atoms with E-state index in [9.17, 15) is 13.2 Å². The van der Waals surface area contributed by atoms with Crippen molar-refractivity contribution in [3.05, 3.63) is 48.7 Å². The van der Waals surface area contributed by atoms with Gasteiger partial charge in [-0.3, -0.25) is 14.6 Å². The number of piperidine rings is 2. The highest BCUT2D eigenvalue weighted by Gasteiger charge is 2.26. The first-order valence-electron chi connectivity index (χ1n) is 13.7. The molecule has 0 spiro atoms. The highest BCUT2D eigenvalue weighted by molar-refractivity contribution is 7.92. The number of hydrogen-bond acceptors (Lipinski definition) is 10. The number of aromatic amines is 1. The Morgan fingerprint density at radius 2 is 1.54 bits per heavy atom. The topological polar surface area (TPSA) is 175 Å². The minimum Gasteiger partial charge on any atom is -0.369 e. The van der Waals surface area contributed by atoms with Gasteiger partial charge in [-0.1, -0.05) is 0 Å². The lowest BCUT2D eigenvalue weighted by Gasteiger charge is -2.32. The van der Waals surface area contributed by atoms with E-state index in [4.69, 9.17) is 15.7 Å². The van der Waals surface area contributed by atoms with Crippen molar-refractivity contribution in [2.45, 2.75) is 37.0 Å². The minimum atomic E-state index is -3.81. The second-order valence-electron chi connectivity index (χ2n) is 10.4. The molecule has 0 aliphatic carbocycles. The van der Waals surface area contributed by atoms with Gasteiger partial charge in [0.1, 0.15) is 0 Å². The van der Waals surface area contributed by atoms with Crippen LogP contribution in [0.3, 0.4) is 0 Å². The van der Waals surface area contributed by atoms with Gasteiger partial charge in [0.05, 0.1) is 22.3 Å². The van der Waals surface area contributed by atoms with Gasteiger partial charge in [0.25, 0.3) is 10.0 Å². The first-order chi connectivity index (χ1) is 19.8. The lowest BCUT2D eigenvalue weighted by molar-refractivity contribution is -0.122. The molecule has 4 heterocycles. The zero-order chi connectivity index (χ0) is 28.4. The van der Waals surface area contributed by atoms with Crippen LogP contribution in [0.1, 0.15) is 32.1 Å². The second-order valence-corrected chi connectivity index (χ2v) is 12.1. The van der Waals surface area contributed by atoms with Gasteiger partial charge in [0, 0.05) is 43.2 Å². The van der Waals surface area contributed by atoms with Crippen molar-refractivity contribution in [3.63, 3.8) is 0 Å². The Morgan fingerprint density at radius 1 is 0.878 bits per heavy atom. The molecule has 0 radical (unpaired) electrons. The molecular formula is C27H32N10O3S. The summed E-state index contributed by atoms with van der Waals surface area (Å²) in [7, 11) is -3.81. The van der Waals surface area contributed by atoms with Crippen LogP contribution in [-0.4, -0.2) is 65.7 Å². The fraction of sp³-hybridized carbons (Fsp3) is 0.370. The molecule has 41 heavy (non-hydrogen) atoms. The molecule has 2 saturated heterocycles. The minimum absolute atomic E-state index is 0.121. The van der Waals surface area contributed by atoms with Gasteiger partial charge >= 0.3 is 0 Å². The Balaban J connectivity index is 1.20. The lowest BCUT2D eigenvalue weighted by Crippen LogP contribution is -2.40. The highest BCUT2D eigenvalue weighted by Crippen LogP contribution is 2.27. The summed E-state index contributed by atoms with van der Waals surface area (Å²) < 4.78 is 28.7. The van der Waals surface area contributed by atoms with Gasteiger partial charge in [0.2, 0.25) is 23.8 Å². The number of sulfonamides is 1. The standard InChI is InChI=1S/C27H32N10O3S/c28-24(38)18-10-14-37(15-11-18)27-32-25(31-26(33-27)36-12-2-1-3-13-36)30-20-6-8-22(9-7-20)41(39,40)35-21-5-4-19-17-29-34-23(19)16-21/h4-9,16-18,35H,1-3,10-15H2,(H2,28,38)(H,29,34)(H,30,31,32,33). The number of amides is 1. The van der Waals surface area contributed by atoms with E-state index in [2.05, 4.69) is 35.0 Å². The van der Waals surface area contributed by atoms with Crippen molar-refractivity contribution < 1.29 is 13.2 Å². The van der Waals surface area contributed by atoms with Crippen molar-refractivity contribution in [2.75, 3.05) is 46.0 Å². The molecule has 0 bridgehead atoms. The van der Waals surface area contributed by atoms with Crippen LogP contribution in [0.4, 0.5) is 29.2 Å².